The summed E-state index contributed by atoms with van der Waals surface area (Å²) in [6.07, 6.45) is -4.86. The molecule has 0 saturated heterocycles. The largest absolute Gasteiger partial charge is 0.416 e. The molecule has 0 aliphatic carbocycles. The predicted octanol–water partition coefficient (Wildman–Crippen LogP) is 4.51. The van der Waals surface area contributed by atoms with Gasteiger partial charge in [-0.3, -0.25) is 4.72 Å². The van der Waals surface area contributed by atoms with E-state index < -0.39 is 61.4 Å². The first-order chi connectivity index (χ1) is 11.8. The SMILES string of the molecule is Cc1ccc(NS(=O)(=O)c2c(F)c(F)c(F)c(F)c2F)cc1C(F)(F)F. The molecule has 2 rings (SSSR count). The lowest BCUT2D eigenvalue weighted by atomic mass is 10.1. The van der Waals surface area contributed by atoms with Gasteiger partial charge in [-0.2, -0.15) is 13.2 Å². The summed E-state index contributed by atoms with van der Waals surface area (Å²) in [6.45, 7) is 1.07. The van der Waals surface area contributed by atoms with Crippen molar-refractivity contribution >= 4 is 15.7 Å². The maximum absolute atomic E-state index is 13.6. The third-order valence-corrected chi connectivity index (χ3v) is 4.63. The summed E-state index contributed by atoms with van der Waals surface area (Å²) in [5.74, 6) is -12.9. The van der Waals surface area contributed by atoms with E-state index in [1.807, 2.05) is 0 Å². The highest BCUT2D eigenvalue weighted by molar-refractivity contribution is 7.92. The molecule has 0 bridgehead atoms. The lowest BCUT2D eigenvalue weighted by Gasteiger charge is -2.14. The van der Waals surface area contributed by atoms with Crippen LogP contribution in [0.4, 0.5) is 40.8 Å². The molecule has 0 saturated carbocycles. The fraction of sp³-hybridized carbons (Fsp3) is 0.143. The molecule has 0 aliphatic heterocycles. The Morgan fingerprint density at radius 3 is 1.77 bits per heavy atom. The third-order valence-electron chi connectivity index (χ3n) is 3.23. The number of hydrogen-bond donors (Lipinski definition) is 1. The van der Waals surface area contributed by atoms with Crippen molar-refractivity contribution in [2.45, 2.75) is 18.0 Å². The van der Waals surface area contributed by atoms with Crippen molar-refractivity contribution in [3.8, 4) is 0 Å². The van der Waals surface area contributed by atoms with Crippen LogP contribution < -0.4 is 4.72 Å². The molecule has 142 valence electrons. The van der Waals surface area contributed by atoms with E-state index in [2.05, 4.69) is 0 Å². The Balaban J connectivity index is 2.59. The Labute approximate surface area is 141 Å². The van der Waals surface area contributed by atoms with Gasteiger partial charge in [-0.25, -0.2) is 30.4 Å². The third kappa shape index (κ3) is 3.45. The Morgan fingerprint density at radius 1 is 0.846 bits per heavy atom. The van der Waals surface area contributed by atoms with Gasteiger partial charge in [0.1, 0.15) is 0 Å². The second-order valence-corrected chi connectivity index (χ2v) is 6.65. The molecule has 0 aliphatic rings. The number of hydrogen-bond acceptors (Lipinski definition) is 2. The van der Waals surface area contributed by atoms with Crippen LogP contribution in [0.1, 0.15) is 11.1 Å². The number of sulfonamides is 1. The van der Waals surface area contributed by atoms with Gasteiger partial charge < -0.3 is 0 Å². The van der Waals surface area contributed by atoms with Gasteiger partial charge in [0.15, 0.2) is 28.2 Å². The molecular weight excluding hydrogens is 398 g/mol. The summed E-state index contributed by atoms with van der Waals surface area (Å²) < 4.78 is 130. The van der Waals surface area contributed by atoms with E-state index in [9.17, 15) is 43.5 Å². The second-order valence-electron chi connectivity index (χ2n) is 5.03. The smallest absolute Gasteiger partial charge is 0.279 e. The topological polar surface area (TPSA) is 46.2 Å². The van der Waals surface area contributed by atoms with Gasteiger partial charge in [-0.05, 0) is 24.6 Å². The molecular formula is C14H7F8NO2S. The summed E-state index contributed by atoms with van der Waals surface area (Å²) in [6, 6.07) is 2.01. The highest BCUT2D eigenvalue weighted by Crippen LogP contribution is 2.34. The maximum atomic E-state index is 13.6. The monoisotopic (exact) mass is 405 g/mol. The van der Waals surface area contributed by atoms with E-state index >= 15 is 0 Å². The molecule has 0 unspecified atom stereocenters. The zero-order valence-corrected chi connectivity index (χ0v) is 13.3. The Hall–Kier alpha value is -2.37. The first-order valence-corrected chi connectivity index (χ1v) is 7.97. The van der Waals surface area contributed by atoms with Gasteiger partial charge in [0, 0.05) is 5.69 Å². The molecule has 26 heavy (non-hydrogen) atoms. The molecule has 0 fully saturated rings. The molecule has 0 heterocycles. The maximum Gasteiger partial charge on any atom is 0.416 e. The van der Waals surface area contributed by atoms with Crippen molar-refractivity contribution < 1.29 is 43.5 Å². The van der Waals surface area contributed by atoms with Gasteiger partial charge in [-0.1, -0.05) is 6.07 Å². The fourth-order valence-corrected chi connectivity index (χ4v) is 3.21. The highest BCUT2D eigenvalue weighted by atomic mass is 32.2. The summed E-state index contributed by atoms with van der Waals surface area (Å²) >= 11 is 0. The summed E-state index contributed by atoms with van der Waals surface area (Å²) in [5.41, 5.74) is -2.32. The van der Waals surface area contributed by atoms with E-state index in [4.69, 9.17) is 0 Å². The van der Waals surface area contributed by atoms with Gasteiger partial charge in [0.05, 0.1) is 5.56 Å². The van der Waals surface area contributed by atoms with Crippen LogP contribution in [-0.4, -0.2) is 8.42 Å². The lowest BCUT2D eigenvalue weighted by Crippen LogP contribution is -2.20. The van der Waals surface area contributed by atoms with Gasteiger partial charge in [0.25, 0.3) is 10.0 Å². The molecule has 0 radical (unpaired) electrons. The number of halogens is 8. The van der Waals surface area contributed by atoms with Gasteiger partial charge in [0.2, 0.25) is 5.82 Å². The number of nitrogens with one attached hydrogen (secondary N) is 1. The van der Waals surface area contributed by atoms with Crippen molar-refractivity contribution in [3.05, 3.63) is 58.4 Å². The Kier molecular flexibility index (Phi) is 4.92. The highest BCUT2D eigenvalue weighted by Gasteiger charge is 2.35. The van der Waals surface area contributed by atoms with Crippen molar-refractivity contribution in [1.29, 1.82) is 0 Å². The zero-order valence-electron chi connectivity index (χ0n) is 12.5. The van der Waals surface area contributed by atoms with Crippen LogP contribution in [0.2, 0.25) is 0 Å². The first kappa shape index (κ1) is 19.9. The van der Waals surface area contributed by atoms with Crippen molar-refractivity contribution in [2.24, 2.45) is 0 Å². The Morgan fingerprint density at radius 2 is 1.31 bits per heavy atom. The van der Waals surface area contributed by atoms with Crippen LogP contribution in [0.25, 0.3) is 0 Å². The fourth-order valence-electron chi connectivity index (χ4n) is 2.02. The molecule has 3 nitrogen and oxygen atoms in total. The first-order valence-electron chi connectivity index (χ1n) is 6.49. The van der Waals surface area contributed by atoms with E-state index in [0.717, 1.165) is 19.1 Å². The van der Waals surface area contributed by atoms with E-state index in [0.29, 0.717) is 6.07 Å². The summed E-state index contributed by atoms with van der Waals surface area (Å²) in [4.78, 5) is -2.21. The lowest BCUT2D eigenvalue weighted by molar-refractivity contribution is -0.138. The van der Waals surface area contributed by atoms with E-state index in [-0.39, 0.29) is 5.56 Å². The summed E-state index contributed by atoms with van der Waals surface area (Å²) in [5, 5.41) is 0. The predicted molar refractivity (Wildman–Crippen MR) is 73.2 cm³/mol. The van der Waals surface area contributed by atoms with Crippen LogP contribution in [0, 0.1) is 36.0 Å². The van der Waals surface area contributed by atoms with Crippen molar-refractivity contribution in [3.63, 3.8) is 0 Å². The standard InChI is InChI=1S/C14H7F8NO2S/c1-5-2-3-6(4-7(5)14(20,21)22)23-26(24,25)13-11(18)9(16)8(15)10(17)12(13)19/h2-4,23H,1H3. The quantitative estimate of drug-likeness (QED) is 0.464. The second kappa shape index (κ2) is 6.41. The van der Waals surface area contributed by atoms with Gasteiger partial charge in [-0.15, -0.1) is 0 Å². The molecule has 12 heteroatoms. The van der Waals surface area contributed by atoms with E-state index in [1.165, 1.54) is 4.72 Å². The van der Waals surface area contributed by atoms with Crippen LogP contribution >= 0.6 is 0 Å². The number of benzene rings is 2. The minimum Gasteiger partial charge on any atom is -0.279 e. The number of alkyl halides is 3. The van der Waals surface area contributed by atoms with Gasteiger partial charge >= 0.3 is 6.18 Å². The van der Waals surface area contributed by atoms with Crippen LogP contribution in [0.15, 0.2) is 23.1 Å². The molecule has 0 atom stereocenters. The summed E-state index contributed by atoms with van der Waals surface area (Å²) in [7, 11) is -5.43. The van der Waals surface area contributed by atoms with E-state index in [1.54, 1.807) is 0 Å². The number of anilines is 1. The molecule has 2 aromatic carbocycles. The molecule has 0 spiro atoms. The minimum absolute atomic E-state index is 0.281. The molecule has 2 aromatic rings. The normalized spacial score (nSPS) is 12.3. The van der Waals surface area contributed by atoms with Crippen LogP contribution in [0.5, 0.6) is 0 Å². The minimum atomic E-state index is -5.43. The van der Waals surface area contributed by atoms with Crippen molar-refractivity contribution in [2.75, 3.05) is 4.72 Å². The number of aryl methyl sites for hydroxylation is 1. The Bertz CT molecular complexity index is 956. The zero-order chi connectivity index (χ0) is 20.0. The molecule has 1 N–H and O–H groups in total. The molecule has 0 amide bonds. The van der Waals surface area contributed by atoms with Crippen LogP contribution in [0.3, 0.4) is 0 Å². The number of rotatable bonds is 3. The van der Waals surface area contributed by atoms with Crippen molar-refractivity contribution in [1.82, 2.24) is 0 Å². The molecule has 0 aromatic heterocycles. The average Bonchev–Trinajstić information content (AvgIpc) is 2.51. The van der Waals surface area contributed by atoms with Crippen LogP contribution in [-0.2, 0) is 16.2 Å². The average molecular weight is 405 g/mol.